The van der Waals surface area contributed by atoms with Gasteiger partial charge in [0.05, 0.1) is 17.3 Å². The number of carbonyl (C=O) groups is 1. The Morgan fingerprint density at radius 2 is 1.74 bits per heavy atom. The Balaban J connectivity index is 1.11. The lowest BCUT2D eigenvalue weighted by atomic mass is 9.90. The number of amides is 1. The number of fused-ring (bicyclic) bond motifs is 2. The van der Waals surface area contributed by atoms with Gasteiger partial charge in [0, 0.05) is 50.9 Å². The summed E-state index contributed by atoms with van der Waals surface area (Å²) in [4.78, 5) is 54.9. The summed E-state index contributed by atoms with van der Waals surface area (Å²) >= 11 is 0. The topological polar surface area (TPSA) is 110 Å². The van der Waals surface area contributed by atoms with Crippen molar-refractivity contribution < 1.29 is 9.18 Å². The van der Waals surface area contributed by atoms with E-state index in [-0.39, 0.29) is 23.0 Å². The highest BCUT2D eigenvalue weighted by Crippen LogP contribution is 2.29. The molecule has 1 fully saturated rings. The summed E-state index contributed by atoms with van der Waals surface area (Å²) in [5.74, 6) is 0.105. The molecule has 0 bridgehead atoms. The van der Waals surface area contributed by atoms with Gasteiger partial charge in [-0.25, -0.2) is 23.7 Å². The second-order valence-electron chi connectivity index (χ2n) is 14.5. The van der Waals surface area contributed by atoms with E-state index in [0.29, 0.717) is 37.1 Å². The molecule has 0 unspecified atom stereocenters. The largest absolute Gasteiger partial charge is 0.348 e. The molecule has 2 aromatic carbocycles. The molecule has 0 atom stereocenters. The Kier molecular flexibility index (Phi) is 11.0. The third-order valence-electron chi connectivity index (χ3n) is 11.0. The average molecular weight is 721 g/mol. The normalized spacial score (nSPS) is 17.4. The van der Waals surface area contributed by atoms with Crippen LogP contribution in [0.5, 0.6) is 0 Å². The summed E-state index contributed by atoms with van der Waals surface area (Å²) in [7, 11) is 2.14. The molecule has 1 amide bonds. The van der Waals surface area contributed by atoms with Crippen LogP contribution >= 0.6 is 0 Å². The highest BCUT2D eigenvalue weighted by Gasteiger charge is 2.29. The van der Waals surface area contributed by atoms with E-state index in [9.17, 15) is 18.8 Å². The minimum absolute atomic E-state index is 0.0450. The Hall–Kier alpha value is -4.94. The number of likely N-dealkylation sites (N-methyl/N-ethyl adjacent to an activating group) is 2. The molecule has 0 saturated heterocycles. The number of rotatable bonds is 12. The molecular formula is C41H49FN8O3. The first kappa shape index (κ1) is 36.4. The van der Waals surface area contributed by atoms with E-state index in [1.54, 1.807) is 0 Å². The lowest BCUT2D eigenvalue weighted by Crippen LogP contribution is -2.45. The minimum atomic E-state index is -0.647. The van der Waals surface area contributed by atoms with Crippen molar-refractivity contribution in [3.8, 4) is 16.8 Å². The molecule has 12 heteroatoms. The molecule has 53 heavy (non-hydrogen) atoms. The number of pyridine rings is 1. The van der Waals surface area contributed by atoms with E-state index in [2.05, 4.69) is 74.8 Å². The van der Waals surface area contributed by atoms with Crippen LogP contribution in [0.15, 0.2) is 76.6 Å². The van der Waals surface area contributed by atoms with Crippen LogP contribution < -0.4 is 16.6 Å². The monoisotopic (exact) mass is 720 g/mol. The SMILES string of the molecule is CCN(CC)CCN(C)Cc1ccc(-c2cccc(-n3c(=O)n([C@H]4CC[C@@H](NC(=O)c5cn6c(n5)CCCC6)CC4)c(=O)c4cc(F)cnc43)c2)cc1. The summed E-state index contributed by atoms with van der Waals surface area (Å²) in [6.45, 7) is 10.2. The second kappa shape index (κ2) is 16.0. The van der Waals surface area contributed by atoms with E-state index in [0.717, 1.165) is 87.7 Å². The molecule has 278 valence electrons. The van der Waals surface area contributed by atoms with Gasteiger partial charge in [0.15, 0.2) is 5.65 Å². The van der Waals surface area contributed by atoms with Crippen LogP contribution in [0, 0.1) is 5.82 Å². The van der Waals surface area contributed by atoms with E-state index in [4.69, 9.17) is 0 Å². The first-order valence-electron chi connectivity index (χ1n) is 19.0. The van der Waals surface area contributed by atoms with Gasteiger partial charge in [-0.2, -0.15) is 0 Å². The first-order chi connectivity index (χ1) is 25.7. The van der Waals surface area contributed by atoms with Crippen molar-refractivity contribution in [3.63, 3.8) is 0 Å². The Morgan fingerprint density at radius 3 is 2.47 bits per heavy atom. The summed E-state index contributed by atoms with van der Waals surface area (Å²) < 4.78 is 19.3. The van der Waals surface area contributed by atoms with Crippen LogP contribution in [-0.2, 0) is 19.5 Å². The van der Waals surface area contributed by atoms with Gasteiger partial charge >= 0.3 is 5.69 Å². The maximum Gasteiger partial charge on any atom is 0.337 e. The smallest absolute Gasteiger partial charge is 0.337 e. The number of nitrogens with one attached hydrogen (secondary N) is 1. The van der Waals surface area contributed by atoms with Gasteiger partial charge < -0.3 is 19.7 Å². The van der Waals surface area contributed by atoms with Gasteiger partial charge in [0.2, 0.25) is 0 Å². The van der Waals surface area contributed by atoms with Crippen LogP contribution in [0.3, 0.4) is 0 Å². The number of hydrogen-bond acceptors (Lipinski definition) is 7. The molecule has 1 aliphatic carbocycles. The summed E-state index contributed by atoms with van der Waals surface area (Å²) in [6, 6.07) is 16.6. The van der Waals surface area contributed by atoms with Gasteiger partial charge in [-0.15, -0.1) is 0 Å². The van der Waals surface area contributed by atoms with Crippen LogP contribution in [0.2, 0.25) is 0 Å². The van der Waals surface area contributed by atoms with Crippen molar-refractivity contribution in [2.75, 3.05) is 33.2 Å². The quantitative estimate of drug-likeness (QED) is 0.180. The van der Waals surface area contributed by atoms with Gasteiger partial charge in [-0.1, -0.05) is 50.2 Å². The zero-order valence-corrected chi connectivity index (χ0v) is 30.9. The van der Waals surface area contributed by atoms with Crippen molar-refractivity contribution in [2.45, 2.75) is 84.0 Å². The molecule has 5 aromatic rings. The molecule has 3 aromatic heterocycles. The minimum Gasteiger partial charge on any atom is -0.348 e. The van der Waals surface area contributed by atoms with E-state index in [1.165, 1.54) is 14.7 Å². The lowest BCUT2D eigenvalue weighted by Gasteiger charge is -2.30. The van der Waals surface area contributed by atoms with E-state index < -0.39 is 23.1 Å². The fraction of sp³-hybridized carbons (Fsp3) is 0.439. The maximum absolute atomic E-state index is 14.6. The van der Waals surface area contributed by atoms with Crippen molar-refractivity contribution in [1.29, 1.82) is 0 Å². The molecule has 1 saturated carbocycles. The Bertz CT molecular complexity index is 2170. The second-order valence-corrected chi connectivity index (χ2v) is 14.5. The first-order valence-corrected chi connectivity index (χ1v) is 19.0. The fourth-order valence-corrected chi connectivity index (χ4v) is 7.87. The fourth-order valence-electron chi connectivity index (χ4n) is 7.87. The van der Waals surface area contributed by atoms with Crippen molar-refractivity contribution in [2.24, 2.45) is 0 Å². The van der Waals surface area contributed by atoms with Crippen molar-refractivity contribution in [1.82, 2.24) is 38.8 Å². The molecule has 0 radical (unpaired) electrons. The summed E-state index contributed by atoms with van der Waals surface area (Å²) in [6.07, 6.45) is 8.10. The Labute approximate surface area is 309 Å². The number of imidazole rings is 1. The van der Waals surface area contributed by atoms with E-state index >= 15 is 0 Å². The zero-order chi connectivity index (χ0) is 37.1. The lowest BCUT2D eigenvalue weighted by molar-refractivity contribution is 0.0917. The molecule has 7 rings (SSSR count). The van der Waals surface area contributed by atoms with Gasteiger partial charge in [-0.3, -0.25) is 14.2 Å². The molecule has 4 heterocycles. The van der Waals surface area contributed by atoms with Crippen LogP contribution in [-0.4, -0.2) is 78.6 Å². The van der Waals surface area contributed by atoms with Crippen molar-refractivity contribution in [3.05, 3.63) is 111 Å². The van der Waals surface area contributed by atoms with Crippen molar-refractivity contribution >= 4 is 16.9 Å². The number of nitrogens with zero attached hydrogens (tertiary/aromatic N) is 7. The number of carbonyl (C=O) groups excluding carboxylic acids is 1. The van der Waals surface area contributed by atoms with E-state index in [1.807, 2.05) is 30.5 Å². The predicted octanol–water partition coefficient (Wildman–Crippen LogP) is 5.57. The average Bonchev–Trinajstić information content (AvgIpc) is 3.62. The van der Waals surface area contributed by atoms with Crippen LogP contribution in [0.25, 0.3) is 27.8 Å². The predicted molar refractivity (Wildman–Crippen MR) is 205 cm³/mol. The third-order valence-corrected chi connectivity index (χ3v) is 11.0. The molecule has 2 aliphatic rings. The van der Waals surface area contributed by atoms with Gasteiger partial charge in [-0.05, 0) is 93.6 Å². The number of benzene rings is 2. The highest BCUT2D eigenvalue weighted by atomic mass is 19.1. The third kappa shape index (κ3) is 7.89. The number of hydrogen-bond donors (Lipinski definition) is 1. The van der Waals surface area contributed by atoms with Gasteiger partial charge in [0.1, 0.15) is 17.3 Å². The number of aryl methyl sites for hydroxylation is 2. The molecule has 1 N–H and O–H groups in total. The van der Waals surface area contributed by atoms with Crippen LogP contribution in [0.4, 0.5) is 4.39 Å². The molecule has 0 spiro atoms. The molecule has 11 nitrogen and oxygen atoms in total. The zero-order valence-electron chi connectivity index (χ0n) is 30.9. The summed E-state index contributed by atoms with van der Waals surface area (Å²) in [5, 5.41) is 3.16. The number of aromatic nitrogens is 5. The van der Waals surface area contributed by atoms with Crippen LogP contribution in [0.1, 0.15) is 80.3 Å². The van der Waals surface area contributed by atoms with Gasteiger partial charge in [0.25, 0.3) is 11.5 Å². The standard InChI is InChI=1S/C41H49FN8O3/c1-4-47(5-2)22-21-46(3)26-28-12-14-29(15-13-28)30-9-8-10-34(23-30)49-38-35(24-31(42)25-43-38)40(52)50(41(49)53)33-18-16-32(17-19-33)44-39(51)36-27-48-20-7-6-11-37(48)45-36/h8-10,12-15,23-25,27,32-33H,4-7,11,16-22,26H2,1-3H3,(H,44,51)/t32-,33+. The number of halogens is 1. The Morgan fingerprint density at radius 1 is 0.962 bits per heavy atom. The molecule has 1 aliphatic heterocycles. The molecular weight excluding hydrogens is 672 g/mol. The summed E-state index contributed by atoms with van der Waals surface area (Å²) in [5.41, 5.74) is 3.11. The maximum atomic E-state index is 14.6. The highest BCUT2D eigenvalue weighted by molar-refractivity contribution is 5.92.